The zero-order valence-corrected chi connectivity index (χ0v) is 14.6. The Labute approximate surface area is 155 Å². The molecule has 1 atom stereocenters. The fourth-order valence-electron chi connectivity index (χ4n) is 2.76. The highest BCUT2D eigenvalue weighted by molar-refractivity contribution is 5.86. The molecule has 0 radical (unpaired) electrons. The van der Waals surface area contributed by atoms with Gasteiger partial charge in [0.15, 0.2) is 23.0 Å². The van der Waals surface area contributed by atoms with Crippen molar-refractivity contribution in [3.05, 3.63) is 42.0 Å². The number of ether oxygens (including phenoxy) is 5. The summed E-state index contributed by atoms with van der Waals surface area (Å²) in [6, 6.07) is 10.7. The first-order chi connectivity index (χ1) is 13.2. The summed E-state index contributed by atoms with van der Waals surface area (Å²) < 4.78 is 27.6. The molecule has 2 heterocycles. The Morgan fingerprint density at radius 2 is 1.96 bits per heavy atom. The summed E-state index contributed by atoms with van der Waals surface area (Å²) in [5.74, 6) is 2.44. The number of fused-ring (bicyclic) bond motifs is 2. The standard InChI is InChI=1S/C19H18N2O6/c1-23-15-8-12(9-16-18(15)25-7-6-24-16)10-20-21-19(22)17-11-26-13-4-2-3-5-14(13)27-17/h2-5,8-10,17H,6-7,11H2,1H3,(H,21,22)/b20-10-/t17-/m1/s1. The largest absolute Gasteiger partial charge is 0.493 e. The minimum absolute atomic E-state index is 0.121. The van der Waals surface area contributed by atoms with E-state index >= 15 is 0 Å². The summed E-state index contributed by atoms with van der Waals surface area (Å²) in [5.41, 5.74) is 3.16. The van der Waals surface area contributed by atoms with Gasteiger partial charge in [-0.3, -0.25) is 4.79 Å². The van der Waals surface area contributed by atoms with Gasteiger partial charge in [0.25, 0.3) is 5.91 Å². The third kappa shape index (κ3) is 3.59. The van der Waals surface area contributed by atoms with E-state index in [4.69, 9.17) is 23.7 Å². The number of para-hydroxylation sites is 2. The monoisotopic (exact) mass is 370 g/mol. The predicted octanol–water partition coefficient (Wildman–Crippen LogP) is 1.76. The number of rotatable bonds is 4. The quantitative estimate of drug-likeness (QED) is 0.652. The molecule has 8 heteroatoms. The van der Waals surface area contributed by atoms with Crippen LogP contribution in [0.25, 0.3) is 0 Å². The van der Waals surface area contributed by atoms with E-state index in [-0.39, 0.29) is 6.61 Å². The number of carbonyl (C=O) groups is 1. The molecule has 0 aliphatic carbocycles. The predicted molar refractivity (Wildman–Crippen MR) is 96.1 cm³/mol. The van der Waals surface area contributed by atoms with E-state index in [9.17, 15) is 4.79 Å². The van der Waals surface area contributed by atoms with E-state index in [2.05, 4.69) is 10.5 Å². The SMILES string of the molecule is COc1cc(/C=N\NC(=O)[C@H]2COc3ccccc3O2)cc2c1OCCO2. The third-order valence-corrected chi connectivity index (χ3v) is 4.04. The summed E-state index contributed by atoms with van der Waals surface area (Å²) in [4.78, 5) is 12.3. The topological polar surface area (TPSA) is 87.6 Å². The highest BCUT2D eigenvalue weighted by Crippen LogP contribution is 2.40. The van der Waals surface area contributed by atoms with Crippen molar-refractivity contribution in [3.8, 4) is 28.7 Å². The molecule has 2 aliphatic rings. The first kappa shape index (κ1) is 17.0. The maximum Gasteiger partial charge on any atom is 0.284 e. The average Bonchev–Trinajstić information content (AvgIpc) is 2.72. The molecule has 2 aromatic rings. The van der Waals surface area contributed by atoms with Crippen LogP contribution in [0.1, 0.15) is 5.56 Å². The van der Waals surface area contributed by atoms with Crippen molar-refractivity contribution in [2.45, 2.75) is 6.10 Å². The van der Waals surface area contributed by atoms with Crippen molar-refractivity contribution in [3.63, 3.8) is 0 Å². The Morgan fingerprint density at radius 1 is 1.15 bits per heavy atom. The van der Waals surface area contributed by atoms with Gasteiger partial charge in [0.1, 0.15) is 19.8 Å². The molecular formula is C19H18N2O6. The van der Waals surface area contributed by atoms with Crippen LogP contribution in [0.3, 0.4) is 0 Å². The maximum atomic E-state index is 12.3. The molecule has 0 fully saturated rings. The molecule has 8 nitrogen and oxygen atoms in total. The lowest BCUT2D eigenvalue weighted by molar-refractivity contribution is -0.130. The molecule has 27 heavy (non-hydrogen) atoms. The third-order valence-electron chi connectivity index (χ3n) is 4.04. The van der Waals surface area contributed by atoms with Gasteiger partial charge in [-0.15, -0.1) is 0 Å². The van der Waals surface area contributed by atoms with Crippen molar-refractivity contribution < 1.29 is 28.5 Å². The summed E-state index contributed by atoms with van der Waals surface area (Å²) in [7, 11) is 1.55. The van der Waals surface area contributed by atoms with Crippen molar-refractivity contribution >= 4 is 12.1 Å². The van der Waals surface area contributed by atoms with Gasteiger partial charge in [-0.2, -0.15) is 5.10 Å². The van der Waals surface area contributed by atoms with Crippen molar-refractivity contribution in [1.29, 1.82) is 0 Å². The van der Waals surface area contributed by atoms with Crippen LogP contribution in [0.15, 0.2) is 41.5 Å². The number of hydrazone groups is 1. The minimum atomic E-state index is -0.771. The van der Waals surface area contributed by atoms with Crippen molar-refractivity contribution in [2.24, 2.45) is 5.10 Å². The van der Waals surface area contributed by atoms with Crippen LogP contribution in [-0.2, 0) is 4.79 Å². The van der Waals surface area contributed by atoms with Gasteiger partial charge >= 0.3 is 0 Å². The highest BCUT2D eigenvalue weighted by atomic mass is 16.6. The van der Waals surface area contributed by atoms with Gasteiger partial charge < -0.3 is 23.7 Å². The number of nitrogens with one attached hydrogen (secondary N) is 1. The molecule has 1 amide bonds. The molecule has 2 aliphatic heterocycles. The minimum Gasteiger partial charge on any atom is -0.493 e. The number of methoxy groups -OCH3 is 1. The van der Waals surface area contributed by atoms with E-state index in [0.29, 0.717) is 47.5 Å². The van der Waals surface area contributed by atoms with Crippen LogP contribution in [0.5, 0.6) is 28.7 Å². The van der Waals surface area contributed by atoms with Crippen LogP contribution >= 0.6 is 0 Å². The smallest absolute Gasteiger partial charge is 0.284 e. The highest BCUT2D eigenvalue weighted by Gasteiger charge is 2.27. The molecule has 2 aromatic carbocycles. The van der Waals surface area contributed by atoms with E-state index in [1.807, 2.05) is 12.1 Å². The van der Waals surface area contributed by atoms with E-state index in [1.54, 1.807) is 31.4 Å². The molecule has 0 bridgehead atoms. The fourth-order valence-corrected chi connectivity index (χ4v) is 2.76. The Morgan fingerprint density at radius 3 is 2.81 bits per heavy atom. The number of hydrogen-bond donors (Lipinski definition) is 1. The molecule has 0 unspecified atom stereocenters. The van der Waals surface area contributed by atoms with E-state index < -0.39 is 12.0 Å². The lowest BCUT2D eigenvalue weighted by Gasteiger charge is -2.24. The second kappa shape index (κ2) is 7.45. The molecule has 140 valence electrons. The average molecular weight is 370 g/mol. The van der Waals surface area contributed by atoms with E-state index in [0.717, 1.165) is 0 Å². The van der Waals surface area contributed by atoms with Gasteiger partial charge in [-0.25, -0.2) is 5.43 Å². The maximum absolute atomic E-state index is 12.3. The number of carbonyl (C=O) groups excluding carboxylic acids is 1. The van der Waals surface area contributed by atoms with Gasteiger partial charge in [-0.1, -0.05) is 12.1 Å². The Balaban J connectivity index is 1.41. The van der Waals surface area contributed by atoms with Crippen LogP contribution in [0.4, 0.5) is 0 Å². The first-order valence-corrected chi connectivity index (χ1v) is 8.43. The van der Waals surface area contributed by atoms with Gasteiger partial charge in [0.2, 0.25) is 11.9 Å². The van der Waals surface area contributed by atoms with E-state index in [1.165, 1.54) is 6.21 Å². The van der Waals surface area contributed by atoms with Gasteiger partial charge in [0, 0.05) is 5.56 Å². The van der Waals surface area contributed by atoms with Crippen molar-refractivity contribution in [1.82, 2.24) is 5.43 Å². The van der Waals surface area contributed by atoms with Gasteiger partial charge in [0.05, 0.1) is 13.3 Å². The summed E-state index contributed by atoms with van der Waals surface area (Å²) >= 11 is 0. The van der Waals surface area contributed by atoms with Crippen LogP contribution in [-0.4, -0.2) is 45.2 Å². The van der Waals surface area contributed by atoms with Gasteiger partial charge in [-0.05, 0) is 24.3 Å². The lowest BCUT2D eigenvalue weighted by atomic mass is 10.2. The van der Waals surface area contributed by atoms with Crippen LogP contribution in [0.2, 0.25) is 0 Å². The van der Waals surface area contributed by atoms with Crippen LogP contribution < -0.4 is 29.1 Å². The zero-order valence-electron chi connectivity index (χ0n) is 14.6. The number of amides is 1. The summed E-state index contributed by atoms with van der Waals surface area (Å²) in [5, 5.41) is 3.99. The molecular weight excluding hydrogens is 352 g/mol. The van der Waals surface area contributed by atoms with Crippen molar-refractivity contribution in [2.75, 3.05) is 26.9 Å². The Kier molecular flexibility index (Phi) is 4.69. The molecule has 0 spiro atoms. The molecule has 0 saturated heterocycles. The molecule has 4 rings (SSSR count). The number of hydrogen-bond acceptors (Lipinski definition) is 7. The normalized spacial score (nSPS) is 17.4. The lowest BCUT2D eigenvalue weighted by Crippen LogP contribution is -2.42. The number of benzene rings is 2. The zero-order chi connectivity index (χ0) is 18.6. The first-order valence-electron chi connectivity index (χ1n) is 8.43. The van der Waals surface area contributed by atoms with Crippen LogP contribution in [0, 0.1) is 0 Å². The second-order valence-electron chi connectivity index (χ2n) is 5.85. The summed E-state index contributed by atoms with van der Waals surface area (Å²) in [6.45, 7) is 1.06. The molecule has 1 N–H and O–H groups in total. The molecule has 0 saturated carbocycles. The summed E-state index contributed by atoms with van der Waals surface area (Å²) in [6.07, 6.45) is 0.725. The Bertz CT molecular complexity index is 865. The Hall–Kier alpha value is -3.42. The number of nitrogens with zero attached hydrogens (tertiary/aromatic N) is 1. The fraction of sp³-hybridized carbons (Fsp3) is 0.263. The molecule has 0 aromatic heterocycles. The second-order valence-corrected chi connectivity index (χ2v) is 5.85.